The number of aromatic nitrogens is 2. The zero-order chi connectivity index (χ0) is 25.1. The van der Waals surface area contributed by atoms with Crippen molar-refractivity contribution in [1.29, 1.82) is 0 Å². The Morgan fingerprint density at radius 2 is 1.86 bits per heavy atom. The van der Waals surface area contributed by atoms with Crippen molar-refractivity contribution in [3.63, 3.8) is 0 Å². The van der Waals surface area contributed by atoms with Crippen LogP contribution in [-0.2, 0) is 16.1 Å². The molecule has 0 fully saturated rings. The molecule has 3 atom stereocenters. The van der Waals surface area contributed by atoms with Crippen molar-refractivity contribution in [3.05, 3.63) is 77.0 Å². The van der Waals surface area contributed by atoms with Crippen LogP contribution in [-0.4, -0.2) is 35.2 Å². The molecule has 8 heteroatoms. The topological polar surface area (TPSA) is 84.6 Å². The molecule has 0 saturated carbocycles. The molecule has 0 amide bonds. The van der Waals surface area contributed by atoms with Crippen LogP contribution in [0, 0.1) is 19.8 Å². The van der Waals surface area contributed by atoms with Gasteiger partial charge in [-0.2, -0.15) is 4.98 Å². The number of carbonyl (C=O) groups is 1. The predicted molar refractivity (Wildman–Crippen MR) is 135 cm³/mol. The molecule has 1 aromatic heterocycles. The number of nitrogens with zero attached hydrogens (tertiary/aromatic N) is 4. The monoisotopic (exact) mass is 477 g/mol. The van der Waals surface area contributed by atoms with Crippen molar-refractivity contribution >= 4 is 23.4 Å². The van der Waals surface area contributed by atoms with Crippen molar-refractivity contribution in [3.8, 4) is 0 Å². The largest absolute Gasteiger partial charge is 0.349 e. The van der Waals surface area contributed by atoms with E-state index in [1.807, 2.05) is 32.0 Å². The first-order valence-electron chi connectivity index (χ1n) is 11.9. The van der Waals surface area contributed by atoms with Crippen LogP contribution in [0.25, 0.3) is 0 Å². The number of para-hydroxylation sites is 1. The van der Waals surface area contributed by atoms with Gasteiger partial charge in [-0.05, 0) is 50.5 Å². The van der Waals surface area contributed by atoms with Crippen molar-refractivity contribution in [2.24, 2.45) is 11.7 Å². The van der Waals surface area contributed by atoms with Crippen molar-refractivity contribution < 1.29 is 14.0 Å². The second kappa shape index (κ2) is 10.4. The fraction of sp³-hybridized carbons (Fsp3) is 0.370. The lowest BCUT2D eigenvalue weighted by Crippen LogP contribution is -2.42. The quantitative estimate of drug-likeness (QED) is 0.492. The van der Waals surface area contributed by atoms with Gasteiger partial charge in [0, 0.05) is 23.7 Å². The van der Waals surface area contributed by atoms with Crippen molar-refractivity contribution in [1.82, 2.24) is 9.97 Å². The van der Waals surface area contributed by atoms with E-state index >= 15 is 0 Å². The fourth-order valence-electron chi connectivity index (χ4n) is 4.28. The number of aryl methyl sites for hydroxylation is 1. The maximum atomic E-state index is 13.1. The third kappa shape index (κ3) is 4.98. The highest BCUT2D eigenvalue weighted by atomic mass is 19.1. The normalized spacial score (nSPS) is 16.9. The van der Waals surface area contributed by atoms with Gasteiger partial charge in [0.25, 0.3) is 5.95 Å². The number of fused-ring (bicyclic) bond motifs is 1. The van der Waals surface area contributed by atoms with Crippen molar-refractivity contribution in [2.45, 2.75) is 46.2 Å². The minimum absolute atomic E-state index is 0.118. The standard InChI is InChI=1S/C27H32FN5O2/c1-17(16-28)24(29)26(34)35-33(22-11-6-5-7-12-22)27-30-19(3)18(2)25(31-27)32-15-14-21-10-8-9-13-23(21)20(32)4/h5-13,17,20,24H,14-16,29H2,1-4H3/t17?,20?,24-/m0/s1. The maximum absolute atomic E-state index is 13.1. The average Bonchev–Trinajstić information content (AvgIpc) is 2.89. The number of nitrogens with two attached hydrogens (primary N) is 1. The van der Waals surface area contributed by atoms with Crippen LogP contribution in [0.3, 0.4) is 0 Å². The number of halogens is 1. The summed E-state index contributed by atoms with van der Waals surface area (Å²) in [6.45, 7) is 7.73. The Bertz CT molecular complexity index is 1190. The van der Waals surface area contributed by atoms with E-state index in [1.54, 1.807) is 19.1 Å². The van der Waals surface area contributed by atoms with Gasteiger partial charge in [0.2, 0.25) is 0 Å². The van der Waals surface area contributed by atoms with Gasteiger partial charge in [-0.25, -0.2) is 9.78 Å². The van der Waals surface area contributed by atoms with Gasteiger partial charge in [-0.15, -0.1) is 5.06 Å². The number of benzene rings is 2. The van der Waals surface area contributed by atoms with Gasteiger partial charge in [0.1, 0.15) is 11.9 Å². The smallest absolute Gasteiger partial charge is 0.349 e. The minimum atomic E-state index is -1.11. The zero-order valence-electron chi connectivity index (χ0n) is 20.6. The Morgan fingerprint density at radius 3 is 2.57 bits per heavy atom. The molecule has 35 heavy (non-hydrogen) atoms. The number of rotatable bonds is 7. The van der Waals surface area contributed by atoms with Gasteiger partial charge in [-0.3, -0.25) is 4.39 Å². The van der Waals surface area contributed by atoms with Gasteiger partial charge < -0.3 is 15.5 Å². The number of alkyl halides is 1. The lowest BCUT2D eigenvalue weighted by Gasteiger charge is -2.37. The highest BCUT2D eigenvalue weighted by molar-refractivity contribution is 5.78. The fourth-order valence-corrected chi connectivity index (χ4v) is 4.28. The van der Waals surface area contributed by atoms with Crippen LogP contribution in [0.4, 0.5) is 21.8 Å². The second-order valence-corrected chi connectivity index (χ2v) is 9.07. The first-order valence-corrected chi connectivity index (χ1v) is 11.9. The molecule has 4 rings (SSSR count). The van der Waals surface area contributed by atoms with Crippen LogP contribution in [0.1, 0.15) is 42.3 Å². The molecule has 1 aliphatic rings. The van der Waals surface area contributed by atoms with Crippen LogP contribution < -0.4 is 15.7 Å². The predicted octanol–water partition coefficient (Wildman–Crippen LogP) is 4.75. The first-order chi connectivity index (χ1) is 16.8. The molecular weight excluding hydrogens is 445 g/mol. The molecule has 7 nitrogen and oxygen atoms in total. The maximum Gasteiger partial charge on any atom is 0.349 e. The number of carbonyl (C=O) groups excluding carboxylic acids is 1. The summed E-state index contributed by atoms with van der Waals surface area (Å²) < 4.78 is 13.1. The average molecular weight is 478 g/mol. The van der Waals surface area contributed by atoms with E-state index in [0.29, 0.717) is 5.69 Å². The zero-order valence-corrected chi connectivity index (χ0v) is 20.6. The molecule has 0 radical (unpaired) electrons. The molecule has 2 unspecified atom stereocenters. The van der Waals surface area contributed by atoms with Crippen LogP contribution in [0.5, 0.6) is 0 Å². The molecule has 0 bridgehead atoms. The molecule has 2 aromatic carbocycles. The number of hydrogen-bond donors (Lipinski definition) is 1. The Morgan fingerprint density at radius 1 is 1.17 bits per heavy atom. The summed E-state index contributed by atoms with van der Waals surface area (Å²) in [6, 6.07) is 16.5. The Balaban J connectivity index is 1.74. The summed E-state index contributed by atoms with van der Waals surface area (Å²) in [5.41, 5.74) is 10.9. The van der Waals surface area contributed by atoms with E-state index in [9.17, 15) is 9.18 Å². The highest BCUT2D eigenvalue weighted by Crippen LogP contribution is 2.36. The summed E-state index contributed by atoms with van der Waals surface area (Å²) in [5, 5.41) is 1.28. The van der Waals surface area contributed by atoms with Gasteiger partial charge >= 0.3 is 5.97 Å². The molecule has 2 N–H and O–H groups in total. The first kappa shape index (κ1) is 24.6. The van der Waals surface area contributed by atoms with Gasteiger partial charge in [0.05, 0.1) is 18.4 Å². The molecule has 2 heterocycles. The molecule has 0 saturated heterocycles. The van der Waals surface area contributed by atoms with Crippen LogP contribution in [0.2, 0.25) is 0 Å². The summed E-state index contributed by atoms with van der Waals surface area (Å²) in [5.74, 6) is -0.421. The summed E-state index contributed by atoms with van der Waals surface area (Å²) in [6.07, 6.45) is 0.908. The van der Waals surface area contributed by atoms with Crippen molar-refractivity contribution in [2.75, 3.05) is 23.2 Å². The highest BCUT2D eigenvalue weighted by Gasteiger charge is 2.30. The number of hydrogen-bond acceptors (Lipinski definition) is 7. The van der Waals surface area contributed by atoms with E-state index < -0.39 is 24.6 Å². The minimum Gasteiger partial charge on any atom is -0.349 e. The Labute approximate surface area is 205 Å². The van der Waals surface area contributed by atoms with E-state index in [0.717, 1.165) is 30.0 Å². The summed E-state index contributed by atoms with van der Waals surface area (Å²) >= 11 is 0. The van der Waals surface area contributed by atoms with Crippen LogP contribution >= 0.6 is 0 Å². The SMILES string of the molecule is Cc1nc(N(OC(=O)[C@@H](N)C(C)CF)c2ccccc2)nc(N2CCc3ccccc3C2C)c1C. The molecule has 3 aromatic rings. The van der Waals surface area contributed by atoms with Gasteiger partial charge in [0.15, 0.2) is 0 Å². The molecule has 0 spiro atoms. The Hall–Kier alpha value is -3.52. The Kier molecular flexibility index (Phi) is 7.31. The van der Waals surface area contributed by atoms with E-state index in [2.05, 4.69) is 41.1 Å². The summed E-state index contributed by atoms with van der Waals surface area (Å²) in [7, 11) is 0. The lowest BCUT2D eigenvalue weighted by molar-refractivity contribution is -0.146. The lowest BCUT2D eigenvalue weighted by atomic mass is 9.93. The van der Waals surface area contributed by atoms with E-state index in [1.165, 1.54) is 16.2 Å². The number of anilines is 3. The summed E-state index contributed by atoms with van der Waals surface area (Å²) in [4.78, 5) is 30.3. The van der Waals surface area contributed by atoms with Gasteiger partial charge in [-0.1, -0.05) is 49.4 Å². The second-order valence-electron chi connectivity index (χ2n) is 9.07. The molecule has 0 aliphatic carbocycles. The third-order valence-electron chi connectivity index (χ3n) is 6.70. The van der Waals surface area contributed by atoms with Crippen LogP contribution in [0.15, 0.2) is 54.6 Å². The van der Waals surface area contributed by atoms with E-state index in [-0.39, 0.29) is 12.0 Å². The van der Waals surface area contributed by atoms with E-state index in [4.69, 9.17) is 15.6 Å². The molecule has 184 valence electrons. The third-order valence-corrected chi connectivity index (χ3v) is 6.70. The molecular formula is C27H32FN5O2. The molecule has 1 aliphatic heterocycles.